The standard InChI is InChI=1S/C16H13N3O4S/c20-15-9-23-14-5-4-11(8-13(14)18-15)24(21,22)19-12-3-1-2-10-6-7-17-16(10)12/h1-8,17,19H,9H2,(H,18,20). The number of ether oxygens (including phenoxy) is 1. The minimum absolute atomic E-state index is 0.0376. The first kappa shape index (κ1) is 14.6. The Morgan fingerprint density at radius 3 is 2.88 bits per heavy atom. The van der Waals surface area contributed by atoms with Gasteiger partial charge in [0.15, 0.2) is 6.61 Å². The van der Waals surface area contributed by atoms with Crippen LogP contribution in [0.4, 0.5) is 11.4 Å². The monoisotopic (exact) mass is 343 g/mol. The number of benzene rings is 2. The second kappa shape index (κ2) is 5.27. The lowest BCUT2D eigenvalue weighted by atomic mass is 10.2. The fourth-order valence-corrected chi connectivity index (χ4v) is 3.70. The maximum Gasteiger partial charge on any atom is 0.262 e. The zero-order chi connectivity index (χ0) is 16.7. The van der Waals surface area contributed by atoms with Gasteiger partial charge in [-0.1, -0.05) is 12.1 Å². The molecule has 0 fully saturated rings. The van der Waals surface area contributed by atoms with Crippen LogP contribution in [0.5, 0.6) is 5.75 Å². The molecule has 1 aliphatic rings. The van der Waals surface area contributed by atoms with Gasteiger partial charge >= 0.3 is 0 Å². The zero-order valence-corrected chi connectivity index (χ0v) is 13.2. The highest BCUT2D eigenvalue weighted by molar-refractivity contribution is 7.92. The molecule has 0 aliphatic carbocycles. The maximum absolute atomic E-state index is 12.7. The van der Waals surface area contributed by atoms with Crippen LogP contribution in [0.2, 0.25) is 0 Å². The lowest BCUT2D eigenvalue weighted by Crippen LogP contribution is -2.25. The summed E-state index contributed by atoms with van der Waals surface area (Å²) in [5, 5.41) is 3.50. The van der Waals surface area contributed by atoms with Crippen LogP contribution in [-0.2, 0) is 14.8 Å². The largest absolute Gasteiger partial charge is 0.482 e. The van der Waals surface area contributed by atoms with Crippen molar-refractivity contribution in [2.45, 2.75) is 4.90 Å². The number of anilines is 2. The van der Waals surface area contributed by atoms with Crippen LogP contribution < -0.4 is 14.8 Å². The van der Waals surface area contributed by atoms with Crippen LogP contribution in [0, 0.1) is 0 Å². The predicted molar refractivity (Wildman–Crippen MR) is 89.7 cm³/mol. The SMILES string of the molecule is O=C1COc2ccc(S(=O)(=O)Nc3cccc4cc[nH]c34)cc2N1. The molecule has 1 aromatic heterocycles. The van der Waals surface area contributed by atoms with Crippen molar-refractivity contribution in [1.29, 1.82) is 0 Å². The lowest BCUT2D eigenvalue weighted by Gasteiger charge is -2.18. The molecule has 24 heavy (non-hydrogen) atoms. The van der Waals surface area contributed by atoms with Gasteiger partial charge in [-0.05, 0) is 30.3 Å². The molecule has 0 atom stereocenters. The summed E-state index contributed by atoms with van der Waals surface area (Å²) in [5.74, 6) is 0.126. The van der Waals surface area contributed by atoms with Crippen LogP contribution in [-0.4, -0.2) is 25.9 Å². The Hall–Kier alpha value is -3.00. The van der Waals surface area contributed by atoms with Gasteiger partial charge in [-0.25, -0.2) is 8.42 Å². The van der Waals surface area contributed by atoms with Crippen molar-refractivity contribution in [3.63, 3.8) is 0 Å². The molecule has 8 heteroatoms. The predicted octanol–water partition coefficient (Wildman–Crippen LogP) is 2.30. The van der Waals surface area contributed by atoms with Crippen molar-refractivity contribution < 1.29 is 17.9 Å². The minimum Gasteiger partial charge on any atom is -0.482 e. The summed E-state index contributed by atoms with van der Waals surface area (Å²) in [7, 11) is -3.81. The average Bonchev–Trinajstić information content (AvgIpc) is 3.03. The van der Waals surface area contributed by atoms with E-state index in [2.05, 4.69) is 15.0 Å². The number of para-hydroxylation sites is 1. The molecule has 2 aromatic carbocycles. The van der Waals surface area contributed by atoms with Gasteiger partial charge in [0.25, 0.3) is 15.9 Å². The van der Waals surface area contributed by atoms with Crippen LogP contribution in [0.3, 0.4) is 0 Å². The van der Waals surface area contributed by atoms with Crippen molar-refractivity contribution in [2.24, 2.45) is 0 Å². The van der Waals surface area contributed by atoms with Gasteiger partial charge in [0, 0.05) is 11.6 Å². The molecule has 1 amide bonds. The first-order valence-electron chi connectivity index (χ1n) is 7.18. The second-order valence-electron chi connectivity index (χ2n) is 5.35. The Balaban J connectivity index is 1.72. The van der Waals surface area contributed by atoms with E-state index in [1.54, 1.807) is 18.3 Å². The Labute approximate surface area is 137 Å². The number of carbonyl (C=O) groups is 1. The van der Waals surface area contributed by atoms with E-state index in [0.717, 1.165) is 5.39 Å². The molecule has 4 rings (SSSR count). The summed E-state index contributed by atoms with van der Waals surface area (Å²) in [6.45, 7) is -0.0772. The fraction of sp³-hybridized carbons (Fsp3) is 0.0625. The summed E-state index contributed by atoms with van der Waals surface area (Å²) >= 11 is 0. The number of hydrogen-bond donors (Lipinski definition) is 3. The van der Waals surface area contributed by atoms with Crippen LogP contribution in [0.1, 0.15) is 0 Å². The van der Waals surface area contributed by atoms with E-state index >= 15 is 0 Å². The van der Waals surface area contributed by atoms with Crippen molar-refractivity contribution in [3.05, 3.63) is 48.7 Å². The van der Waals surface area contributed by atoms with Gasteiger partial charge in [-0.2, -0.15) is 0 Å². The van der Waals surface area contributed by atoms with Crippen molar-refractivity contribution in [3.8, 4) is 5.75 Å². The fourth-order valence-electron chi connectivity index (χ4n) is 2.60. The molecule has 0 unspecified atom stereocenters. The number of aromatic amines is 1. The first-order valence-corrected chi connectivity index (χ1v) is 8.67. The molecule has 0 radical (unpaired) electrons. The number of aromatic nitrogens is 1. The van der Waals surface area contributed by atoms with Gasteiger partial charge in [-0.15, -0.1) is 0 Å². The molecule has 2 heterocycles. The lowest BCUT2D eigenvalue weighted by molar-refractivity contribution is -0.118. The summed E-state index contributed by atoms with van der Waals surface area (Å²) in [6, 6.07) is 11.5. The summed E-state index contributed by atoms with van der Waals surface area (Å²) < 4.78 is 33.1. The third-order valence-corrected chi connectivity index (χ3v) is 5.09. The van der Waals surface area contributed by atoms with E-state index < -0.39 is 10.0 Å². The third kappa shape index (κ3) is 2.46. The first-order chi connectivity index (χ1) is 11.5. The number of hydrogen-bond acceptors (Lipinski definition) is 4. The van der Waals surface area contributed by atoms with E-state index in [0.29, 0.717) is 22.6 Å². The number of nitrogens with one attached hydrogen (secondary N) is 3. The molecule has 7 nitrogen and oxygen atoms in total. The molecular weight excluding hydrogens is 330 g/mol. The summed E-state index contributed by atoms with van der Waals surface area (Å²) in [4.78, 5) is 14.4. The smallest absolute Gasteiger partial charge is 0.262 e. The second-order valence-corrected chi connectivity index (χ2v) is 7.03. The van der Waals surface area contributed by atoms with Gasteiger partial charge in [0.2, 0.25) is 0 Å². The van der Waals surface area contributed by atoms with Crippen molar-refractivity contribution >= 4 is 38.2 Å². The molecule has 0 bridgehead atoms. The van der Waals surface area contributed by atoms with E-state index in [9.17, 15) is 13.2 Å². The van der Waals surface area contributed by atoms with Gasteiger partial charge < -0.3 is 15.0 Å². The van der Waals surface area contributed by atoms with E-state index in [1.165, 1.54) is 18.2 Å². The molecule has 0 saturated heterocycles. The highest BCUT2D eigenvalue weighted by atomic mass is 32.2. The van der Waals surface area contributed by atoms with Crippen molar-refractivity contribution in [1.82, 2.24) is 4.98 Å². The molecule has 3 N–H and O–H groups in total. The molecule has 3 aromatic rings. The Bertz CT molecular complexity index is 1060. The quantitative estimate of drug-likeness (QED) is 0.679. The highest BCUT2D eigenvalue weighted by Crippen LogP contribution is 2.31. The maximum atomic E-state index is 12.7. The molecular formula is C16H13N3O4S. The number of sulfonamides is 1. The number of rotatable bonds is 3. The van der Waals surface area contributed by atoms with Crippen LogP contribution in [0.25, 0.3) is 10.9 Å². The van der Waals surface area contributed by atoms with E-state index in [-0.39, 0.29) is 17.4 Å². The van der Waals surface area contributed by atoms with Gasteiger partial charge in [0.1, 0.15) is 5.75 Å². The minimum atomic E-state index is -3.81. The Kier molecular flexibility index (Phi) is 3.20. The number of carbonyl (C=O) groups excluding carboxylic acids is 1. The zero-order valence-electron chi connectivity index (χ0n) is 12.4. The molecule has 0 saturated carbocycles. The third-order valence-electron chi connectivity index (χ3n) is 3.73. The number of amides is 1. The van der Waals surface area contributed by atoms with E-state index in [1.807, 2.05) is 12.1 Å². The highest BCUT2D eigenvalue weighted by Gasteiger charge is 2.21. The number of fused-ring (bicyclic) bond motifs is 2. The van der Waals surface area contributed by atoms with E-state index in [4.69, 9.17) is 4.74 Å². The van der Waals surface area contributed by atoms with Crippen LogP contribution >= 0.6 is 0 Å². The summed E-state index contributed by atoms with van der Waals surface area (Å²) in [6.07, 6.45) is 1.74. The average molecular weight is 343 g/mol. The molecule has 1 aliphatic heterocycles. The van der Waals surface area contributed by atoms with Gasteiger partial charge in [-0.3, -0.25) is 9.52 Å². The normalized spacial score (nSPS) is 13.9. The number of H-pyrrole nitrogens is 1. The van der Waals surface area contributed by atoms with Crippen LogP contribution in [0.15, 0.2) is 53.6 Å². The Morgan fingerprint density at radius 2 is 2.00 bits per heavy atom. The van der Waals surface area contributed by atoms with Crippen molar-refractivity contribution in [2.75, 3.05) is 16.6 Å². The molecule has 122 valence electrons. The topological polar surface area (TPSA) is 100 Å². The van der Waals surface area contributed by atoms with Gasteiger partial charge in [0.05, 0.1) is 21.8 Å². The summed E-state index contributed by atoms with van der Waals surface area (Å²) in [5.41, 5.74) is 1.50. The molecule has 0 spiro atoms. The Morgan fingerprint density at radius 1 is 1.12 bits per heavy atom.